The number of aryl methyl sites for hydroxylation is 2. The van der Waals surface area contributed by atoms with Crippen LogP contribution in [0.15, 0.2) is 58.8 Å². The molecule has 6 rings (SSSR count). The molecule has 1 amide bonds. The van der Waals surface area contributed by atoms with Crippen LogP contribution in [0.2, 0.25) is 0 Å². The average molecular weight is 687 g/mol. The quantitative estimate of drug-likeness (QED) is 0.0549. The van der Waals surface area contributed by atoms with E-state index in [4.69, 9.17) is 19.6 Å². The van der Waals surface area contributed by atoms with Crippen LogP contribution in [0, 0.1) is 5.82 Å². The van der Waals surface area contributed by atoms with Gasteiger partial charge in [0.15, 0.2) is 18.3 Å². The van der Waals surface area contributed by atoms with E-state index in [0.717, 1.165) is 22.2 Å². The van der Waals surface area contributed by atoms with Gasteiger partial charge in [-0.05, 0) is 78.3 Å². The van der Waals surface area contributed by atoms with Crippen molar-refractivity contribution in [2.45, 2.75) is 46.7 Å². The van der Waals surface area contributed by atoms with E-state index in [1.165, 1.54) is 17.8 Å². The van der Waals surface area contributed by atoms with Gasteiger partial charge in [-0.3, -0.25) is 9.48 Å². The van der Waals surface area contributed by atoms with Crippen molar-refractivity contribution in [2.24, 2.45) is 10.1 Å². The lowest BCUT2D eigenvalue weighted by Crippen LogP contribution is -2.32. The Morgan fingerprint density at radius 1 is 1.16 bits per heavy atom. The van der Waals surface area contributed by atoms with Gasteiger partial charge in [-0.1, -0.05) is 25.1 Å². The van der Waals surface area contributed by atoms with Crippen LogP contribution in [0.4, 0.5) is 10.1 Å². The Morgan fingerprint density at radius 2 is 2.02 bits per heavy atom. The maximum atomic E-state index is 15.3. The maximum Gasteiger partial charge on any atom is 0.271 e. The number of amidine groups is 1. The molecule has 3 aromatic heterocycles. The van der Waals surface area contributed by atoms with Gasteiger partial charge >= 0.3 is 0 Å². The number of aromatic nitrogens is 4. The number of rotatable bonds is 11. The van der Waals surface area contributed by atoms with E-state index in [1.807, 2.05) is 54.6 Å². The summed E-state index contributed by atoms with van der Waals surface area (Å²) >= 11 is 1.54. The summed E-state index contributed by atoms with van der Waals surface area (Å²) in [5.74, 6) is 1.15. The summed E-state index contributed by atoms with van der Waals surface area (Å²) in [4.78, 5) is 19.4. The lowest BCUT2D eigenvalue weighted by Gasteiger charge is -2.25. The number of halogens is 1. The second-order valence-corrected chi connectivity index (χ2v) is 12.5. The monoisotopic (exact) mass is 686 g/mol. The molecule has 0 fully saturated rings. The minimum Gasteiger partial charge on any atom is -0.468 e. The van der Waals surface area contributed by atoms with Crippen molar-refractivity contribution in [1.82, 2.24) is 29.6 Å². The van der Waals surface area contributed by atoms with Crippen LogP contribution in [0.3, 0.4) is 0 Å². The number of benzene rings is 2. The second kappa shape index (κ2) is 15.1. The van der Waals surface area contributed by atoms with Crippen molar-refractivity contribution in [2.75, 3.05) is 32.7 Å². The third-order valence-electron chi connectivity index (χ3n) is 8.41. The molecule has 2 N–H and O–H groups in total. The normalized spacial score (nSPS) is 13.7. The number of nitrogens with one attached hydrogen (secondary N) is 1. The molecule has 2 aromatic carbocycles. The van der Waals surface area contributed by atoms with Gasteiger partial charge in [-0.2, -0.15) is 10.2 Å². The van der Waals surface area contributed by atoms with Gasteiger partial charge in [0.2, 0.25) is 0 Å². The highest BCUT2D eigenvalue weighted by molar-refractivity contribution is 8.12. The van der Waals surface area contributed by atoms with Gasteiger partial charge in [0.25, 0.3) is 5.91 Å². The van der Waals surface area contributed by atoms with E-state index in [-0.39, 0.29) is 18.5 Å². The number of oxime groups is 1. The Kier molecular flexibility index (Phi) is 10.4. The molecule has 256 valence electrons. The number of pyridine rings is 1. The molecule has 49 heavy (non-hydrogen) atoms. The smallest absolute Gasteiger partial charge is 0.271 e. The van der Waals surface area contributed by atoms with E-state index < -0.39 is 0 Å². The zero-order valence-electron chi connectivity index (χ0n) is 27.9. The first kappa shape index (κ1) is 33.9. The van der Waals surface area contributed by atoms with E-state index in [9.17, 15) is 10.0 Å². The standard InChI is InChI=1S/C35H39FN8O4S/c1-5-25-27(36)10-9-22-15-24(48-21-47-4)17-26(32(22)25)31-18-28(38-20-49-7-3)33(30-11-12-39-44(30)31)34(41-46)42-13-8-14-43-23(19-42)16-29(40-43)35(45)37-6-2/h9-12,15-18,20,46H,5-8,13-14,19,21H2,1-4H3,(H,37,45)/b38-20?,41-34+. The minimum atomic E-state index is -0.293. The van der Waals surface area contributed by atoms with E-state index >= 15 is 4.39 Å². The number of aliphatic imine (C=N–C) groups is 1. The molecule has 0 bridgehead atoms. The van der Waals surface area contributed by atoms with Crippen molar-refractivity contribution in [3.63, 3.8) is 0 Å². The van der Waals surface area contributed by atoms with Gasteiger partial charge < -0.3 is 24.9 Å². The van der Waals surface area contributed by atoms with Gasteiger partial charge in [-0.15, -0.1) is 11.8 Å². The van der Waals surface area contributed by atoms with E-state index in [1.54, 1.807) is 35.5 Å². The van der Waals surface area contributed by atoms with Gasteiger partial charge in [0.05, 0.1) is 46.4 Å². The fourth-order valence-corrected chi connectivity index (χ4v) is 6.63. The zero-order chi connectivity index (χ0) is 34.5. The molecule has 0 saturated heterocycles. The summed E-state index contributed by atoms with van der Waals surface area (Å²) in [7, 11) is 1.55. The summed E-state index contributed by atoms with van der Waals surface area (Å²) in [6.45, 7) is 7.90. The minimum absolute atomic E-state index is 0.0442. The fraction of sp³-hybridized carbons (Fsp3) is 0.343. The molecule has 0 aliphatic carbocycles. The number of methoxy groups -OCH3 is 1. The van der Waals surface area contributed by atoms with Crippen LogP contribution in [0.25, 0.3) is 27.5 Å². The molecule has 1 aliphatic heterocycles. The Morgan fingerprint density at radius 3 is 2.78 bits per heavy atom. The third-order valence-corrected chi connectivity index (χ3v) is 8.99. The number of amides is 1. The molecule has 1 aliphatic rings. The predicted octanol–water partition coefficient (Wildman–Crippen LogP) is 6.24. The molecule has 0 unspecified atom stereocenters. The SMILES string of the molecule is CCNC(=O)c1cc2n(n1)CCCN(/C(=N/O)c1c(N=CSCC)cc(-c3cc(OCOC)cc4ccc(F)c(CC)c34)n3nccc13)C2. The molecule has 0 spiro atoms. The molecule has 12 nitrogen and oxygen atoms in total. The lowest BCUT2D eigenvalue weighted by atomic mass is 9.94. The van der Waals surface area contributed by atoms with Crippen LogP contribution in [0.1, 0.15) is 54.5 Å². The number of nitrogens with zero attached hydrogens (tertiary/aromatic N) is 7. The molecule has 0 atom stereocenters. The lowest BCUT2D eigenvalue weighted by molar-refractivity contribution is 0.0512. The number of fused-ring (bicyclic) bond motifs is 3. The topological polar surface area (TPSA) is 131 Å². The Hall–Kier alpha value is -4.95. The van der Waals surface area contributed by atoms with Crippen LogP contribution in [-0.2, 0) is 24.2 Å². The molecule has 0 saturated carbocycles. The molecule has 4 heterocycles. The average Bonchev–Trinajstić information content (AvgIpc) is 3.71. The first-order valence-corrected chi connectivity index (χ1v) is 17.3. The van der Waals surface area contributed by atoms with E-state index in [2.05, 4.69) is 15.6 Å². The molecule has 14 heteroatoms. The summed E-state index contributed by atoms with van der Waals surface area (Å²) in [6.07, 6.45) is 2.85. The maximum absolute atomic E-state index is 15.3. The van der Waals surface area contributed by atoms with Crippen molar-refractivity contribution < 1.29 is 23.9 Å². The largest absolute Gasteiger partial charge is 0.468 e. The molecule has 0 radical (unpaired) electrons. The number of ether oxygens (including phenoxy) is 2. The number of carbonyl (C=O) groups excluding carboxylic acids is 1. The highest BCUT2D eigenvalue weighted by atomic mass is 32.2. The van der Waals surface area contributed by atoms with Crippen molar-refractivity contribution >= 4 is 51.0 Å². The third kappa shape index (κ3) is 6.70. The van der Waals surface area contributed by atoms with E-state index in [0.29, 0.717) is 89.9 Å². The van der Waals surface area contributed by atoms with Crippen molar-refractivity contribution in [3.05, 3.63) is 77.0 Å². The Balaban J connectivity index is 1.55. The highest BCUT2D eigenvalue weighted by Gasteiger charge is 2.28. The van der Waals surface area contributed by atoms with Gasteiger partial charge in [-0.25, -0.2) is 13.9 Å². The Labute approximate surface area is 287 Å². The summed E-state index contributed by atoms with van der Waals surface area (Å²) in [6, 6.07) is 12.5. The number of hydrogen-bond acceptors (Lipinski definition) is 9. The fourth-order valence-electron chi connectivity index (χ4n) is 6.29. The number of hydrogen-bond donors (Lipinski definition) is 2. The first-order chi connectivity index (χ1) is 23.9. The van der Waals surface area contributed by atoms with Crippen molar-refractivity contribution in [3.8, 4) is 17.0 Å². The molecule has 5 aromatic rings. The second-order valence-electron chi connectivity index (χ2n) is 11.4. The van der Waals surface area contributed by atoms with Crippen LogP contribution in [-0.4, -0.2) is 79.5 Å². The summed E-state index contributed by atoms with van der Waals surface area (Å²) in [5.41, 5.74) is 6.64. The van der Waals surface area contributed by atoms with Crippen LogP contribution in [0.5, 0.6) is 5.75 Å². The van der Waals surface area contributed by atoms with Crippen LogP contribution >= 0.6 is 11.8 Å². The zero-order valence-corrected chi connectivity index (χ0v) is 28.8. The number of carbonyl (C=O) groups is 1. The summed E-state index contributed by atoms with van der Waals surface area (Å²) < 4.78 is 30.0. The first-order valence-electron chi connectivity index (χ1n) is 16.3. The summed E-state index contributed by atoms with van der Waals surface area (Å²) in [5, 5.41) is 28.1. The number of thioether (sulfide) groups is 1. The molecular formula is C35H39FN8O4S. The molecular weight excluding hydrogens is 648 g/mol. The Bertz CT molecular complexity index is 2060. The van der Waals surface area contributed by atoms with Crippen LogP contribution < -0.4 is 10.1 Å². The van der Waals surface area contributed by atoms with Gasteiger partial charge in [0, 0.05) is 32.3 Å². The van der Waals surface area contributed by atoms with Crippen molar-refractivity contribution in [1.29, 1.82) is 0 Å². The predicted molar refractivity (Wildman–Crippen MR) is 190 cm³/mol. The highest BCUT2D eigenvalue weighted by Crippen LogP contribution is 2.40. The van der Waals surface area contributed by atoms with Gasteiger partial charge in [0.1, 0.15) is 11.6 Å².